The molecule has 0 aromatic carbocycles. The van der Waals surface area contributed by atoms with E-state index in [1.165, 1.54) is 0 Å². The Labute approximate surface area is 121 Å². The van der Waals surface area contributed by atoms with Gasteiger partial charge in [0.1, 0.15) is 10.8 Å². The van der Waals surface area contributed by atoms with Gasteiger partial charge in [-0.15, -0.1) is 0 Å². The molecule has 112 valence electrons. The van der Waals surface area contributed by atoms with Gasteiger partial charge in [0.2, 0.25) is 0 Å². The van der Waals surface area contributed by atoms with Crippen molar-refractivity contribution in [2.45, 2.75) is 45.7 Å². The molecule has 0 saturated carbocycles. The number of halogens is 4. The van der Waals surface area contributed by atoms with Crippen LogP contribution in [0.15, 0.2) is 12.1 Å². The van der Waals surface area contributed by atoms with Crippen LogP contribution in [0.25, 0.3) is 0 Å². The number of pyridine rings is 1. The van der Waals surface area contributed by atoms with Crippen molar-refractivity contribution in [3.8, 4) is 0 Å². The number of aromatic nitrogens is 1. The molecule has 6 heteroatoms. The van der Waals surface area contributed by atoms with Crippen LogP contribution in [0.1, 0.15) is 55.6 Å². The normalized spacial score (nSPS) is 13.3. The first-order valence-electron chi connectivity index (χ1n) is 6.59. The summed E-state index contributed by atoms with van der Waals surface area (Å²) >= 11 is 5.73. The highest BCUT2D eigenvalue weighted by molar-refractivity contribution is 6.32. The Bertz CT molecular complexity index is 474. The number of rotatable bonds is 6. The molecular weight excluding hydrogens is 291 g/mol. The van der Waals surface area contributed by atoms with Crippen molar-refractivity contribution >= 4 is 17.4 Å². The molecule has 0 amide bonds. The van der Waals surface area contributed by atoms with Crippen LogP contribution in [0.5, 0.6) is 0 Å². The van der Waals surface area contributed by atoms with Crippen LogP contribution in [-0.2, 0) is 6.18 Å². The van der Waals surface area contributed by atoms with E-state index in [1.54, 1.807) is 0 Å². The minimum Gasteiger partial charge on any atom is -0.294 e. The average molecular weight is 308 g/mol. The molecule has 1 unspecified atom stereocenters. The molecule has 0 spiro atoms. The highest BCUT2D eigenvalue weighted by Gasteiger charge is 2.33. The molecule has 0 N–H and O–H groups in total. The summed E-state index contributed by atoms with van der Waals surface area (Å²) in [5.74, 6) is -0.446. The van der Waals surface area contributed by atoms with Crippen molar-refractivity contribution in [3.05, 3.63) is 28.5 Å². The van der Waals surface area contributed by atoms with E-state index >= 15 is 0 Å². The predicted octanol–water partition coefficient (Wildman–Crippen LogP) is 5.15. The Morgan fingerprint density at radius 2 is 2.00 bits per heavy atom. The van der Waals surface area contributed by atoms with Crippen LogP contribution >= 0.6 is 11.6 Å². The van der Waals surface area contributed by atoms with Gasteiger partial charge in [-0.3, -0.25) is 4.79 Å². The maximum absolute atomic E-state index is 12.5. The maximum Gasteiger partial charge on any atom is 0.433 e. The molecule has 0 saturated heterocycles. The largest absolute Gasteiger partial charge is 0.433 e. The first kappa shape index (κ1) is 17.0. The highest BCUT2D eigenvalue weighted by atomic mass is 35.5. The van der Waals surface area contributed by atoms with Gasteiger partial charge in [-0.1, -0.05) is 38.3 Å². The van der Waals surface area contributed by atoms with Gasteiger partial charge in [-0.05, 0) is 25.0 Å². The minimum atomic E-state index is -4.56. The summed E-state index contributed by atoms with van der Waals surface area (Å²) in [5, 5.41) is -0.375. The Hall–Kier alpha value is -1.10. The zero-order valence-electron chi connectivity index (χ0n) is 11.4. The molecule has 1 aromatic heterocycles. The zero-order valence-corrected chi connectivity index (χ0v) is 12.2. The lowest BCUT2D eigenvalue weighted by Gasteiger charge is -2.14. The molecular formula is C14H17ClF3NO. The second kappa shape index (κ2) is 7.07. The molecule has 1 heterocycles. The third-order valence-electron chi connectivity index (χ3n) is 3.17. The number of hydrogen-bond acceptors (Lipinski definition) is 2. The Balaban J connectivity index is 2.99. The topological polar surface area (TPSA) is 30.0 Å². The van der Waals surface area contributed by atoms with E-state index in [2.05, 4.69) is 4.98 Å². The van der Waals surface area contributed by atoms with E-state index in [1.807, 2.05) is 13.8 Å². The molecule has 0 aliphatic carbocycles. The van der Waals surface area contributed by atoms with Gasteiger partial charge < -0.3 is 0 Å². The van der Waals surface area contributed by atoms with E-state index in [9.17, 15) is 18.0 Å². The molecule has 2 nitrogen and oxygen atoms in total. The number of carbonyl (C=O) groups is 1. The Morgan fingerprint density at radius 3 is 2.45 bits per heavy atom. The van der Waals surface area contributed by atoms with Gasteiger partial charge in [0.15, 0.2) is 5.78 Å². The van der Waals surface area contributed by atoms with Gasteiger partial charge >= 0.3 is 6.18 Å². The van der Waals surface area contributed by atoms with E-state index in [0.717, 1.165) is 25.0 Å². The lowest BCUT2D eigenvalue weighted by Crippen LogP contribution is -2.16. The number of hydrogen-bond donors (Lipinski definition) is 0. The second-order valence-electron chi connectivity index (χ2n) is 4.64. The lowest BCUT2D eigenvalue weighted by molar-refractivity contribution is -0.141. The summed E-state index contributed by atoms with van der Waals surface area (Å²) in [6, 6.07) is 1.92. The van der Waals surface area contributed by atoms with Crippen LogP contribution in [0.3, 0.4) is 0 Å². The monoisotopic (exact) mass is 307 g/mol. The number of Topliss-reactive ketones (excluding diaryl/α,β-unsaturated/α-hetero) is 1. The van der Waals surface area contributed by atoms with E-state index in [4.69, 9.17) is 11.6 Å². The number of alkyl halides is 3. The van der Waals surface area contributed by atoms with Crippen molar-refractivity contribution in [1.29, 1.82) is 0 Å². The van der Waals surface area contributed by atoms with Crippen LogP contribution in [-0.4, -0.2) is 10.8 Å². The SMILES string of the molecule is CCCCC(CC)C(=O)c1ccc(C(F)(F)F)nc1Cl. The molecule has 1 rings (SSSR count). The number of unbranched alkanes of at least 4 members (excludes halogenated alkanes) is 1. The molecule has 20 heavy (non-hydrogen) atoms. The number of nitrogens with zero attached hydrogens (tertiary/aromatic N) is 1. The van der Waals surface area contributed by atoms with E-state index < -0.39 is 11.9 Å². The highest BCUT2D eigenvalue weighted by Crippen LogP contribution is 2.30. The summed E-state index contributed by atoms with van der Waals surface area (Å²) in [7, 11) is 0. The van der Waals surface area contributed by atoms with Crippen LogP contribution in [0.4, 0.5) is 13.2 Å². The molecule has 0 aliphatic heterocycles. The average Bonchev–Trinajstić information content (AvgIpc) is 2.38. The van der Waals surface area contributed by atoms with Crippen molar-refractivity contribution in [2.75, 3.05) is 0 Å². The molecule has 0 fully saturated rings. The van der Waals surface area contributed by atoms with Gasteiger partial charge in [0, 0.05) is 5.92 Å². The Kier molecular flexibility index (Phi) is 5.99. The summed E-state index contributed by atoms with van der Waals surface area (Å²) in [4.78, 5) is 15.5. The number of ketones is 1. The first-order valence-corrected chi connectivity index (χ1v) is 6.97. The van der Waals surface area contributed by atoms with Crippen LogP contribution in [0.2, 0.25) is 5.15 Å². The van der Waals surface area contributed by atoms with Gasteiger partial charge in [0.05, 0.1) is 5.56 Å². The van der Waals surface area contributed by atoms with Crippen molar-refractivity contribution in [1.82, 2.24) is 4.98 Å². The smallest absolute Gasteiger partial charge is 0.294 e. The van der Waals surface area contributed by atoms with Gasteiger partial charge in [-0.2, -0.15) is 13.2 Å². The maximum atomic E-state index is 12.5. The standard InChI is InChI=1S/C14H17ClF3NO/c1-3-5-6-9(4-2)12(20)10-7-8-11(14(16,17)18)19-13(10)15/h7-9H,3-6H2,1-2H3. The molecule has 1 atom stereocenters. The molecule has 0 radical (unpaired) electrons. The predicted molar refractivity (Wildman–Crippen MR) is 71.9 cm³/mol. The van der Waals surface area contributed by atoms with Crippen molar-refractivity contribution in [2.24, 2.45) is 5.92 Å². The third kappa shape index (κ3) is 4.20. The molecule has 0 bridgehead atoms. The Morgan fingerprint density at radius 1 is 1.35 bits per heavy atom. The molecule has 0 aliphatic rings. The quantitative estimate of drug-likeness (QED) is 0.537. The van der Waals surface area contributed by atoms with Crippen LogP contribution in [0, 0.1) is 5.92 Å². The first-order chi connectivity index (χ1) is 9.31. The second-order valence-corrected chi connectivity index (χ2v) is 5.00. The zero-order chi connectivity index (χ0) is 15.3. The van der Waals surface area contributed by atoms with E-state index in [0.29, 0.717) is 12.8 Å². The fraction of sp³-hybridized carbons (Fsp3) is 0.571. The number of carbonyl (C=O) groups excluding carboxylic acids is 1. The van der Waals surface area contributed by atoms with E-state index in [-0.39, 0.29) is 22.4 Å². The van der Waals surface area contributed by atoms with Crippen LogP contribution < -0.4 is 0 Å². The van der Waals surface area contributed by atoms with Gasteiger partial charge in [0.25, 0.3) is 0 Å². The van der Waals surface area contributed by atoms with Gasteiger partial charge in [-0.25, -0.2) is 4.98 Å². The summed E-state index contributed by atoms with van der Waals surface area (Å²) in [5.41, 5.74) is -1.01. The fourth-order valence-electron chi connectivity index (χ4n) is 1.97. The minimum absolute atomic E-state index is 0.0719. The third-order valence-corrected chi connectivity index (χ3v) is 3.46. The fourth-order valence-corrected chi connectivity index (χ4v) is 2.21. The van der Waals surface area contributed by atoms with Crippen molar-refractivity contribution in [3.63, 3.8) is 0 Å². The molecule has 1 aromatic rings. The lowest BCUT2D eigenvalue weighted by atomic mass is 9.91. The summed E-state index contributed by atoms with van der Waals surface area (Å²) in [6.07, 6.45) is -1.35. The van der Waals surface area contributed by atoms with Crippen molar-refractivity contribution < 1.29 is 18.0 Å². The summed E-state index contributed by atoms with van der Waals surface area (Å²) < 4.78 is 37.5. The summed E-state index contributed by atoms with van der Waals surface area (Å²) in [6.45, 7) is 3.90.